The van der Waals surface area contributed by atoms with E-state index in [9.17, 15) is 13.7 Å². The molecule has 4 N–H and O–H groups in total. The number of halogens is 1. The Labute approximate surface area is 162 Å². The summed E-state index contributed by atoms with van der Waals surface area (Å²) in [6.07, 6.45) is 3.81. The number of aryl methyl sites for hydroxylation is 1. The predicted octanol–water partition coefficient (Wildman–Crippen LogP) is 2.50. The van der Waals surface area contributed by atoms with Crippen molar-refractivity contribution >= 4 is 21.7 Å². The fraction of sp³-hybridized carbons (Fsp3) is 0.333. The minimum absolute atomic E-state index is 0.121. The first-order valence-electron chi connectivity index (χ1n) is 8.58. The fourth-order valence-electron chi connectivity index (χ4n) is 3.08. The number of nitriles is 1. The molecule has 2 unspecified atom stereocenters. The quantitative estimate of drug-likeness (QED) is 0.460. The molecule has 0 saturated carbocycles. The number of aliphatic hydroxyl groups excluding tert-OH is 1. The molecule has 1 aliphatic heterocycles. The minimum Gasteiger partial charge on any atom is -0.368 e. The Morgan fingerprint density at radius 1 is 1.50 bits per heavy atom. The highest BCUT2D eigenvalue weighted by Gasteiger charge is 2.29. The van der Waals surface area contributed by atoms with Crippen molar-refractivity contribution in [2.24, 2.45) is 13.0 Å². The van der Waals surface area contributed by atoms with E-state index in [1.54, 1.807) is 30.0 Å². The zero-order valence-corrected chi connectivity index (χ0v) is 16.4. The number of aromatic nitrogens is 2. The number of aliphatic hydroxyl groups is 1. The van der Waals surface area contributed by atoms with Crippen LogP contribution in [0, 0.1) is 28.0 Å². The van der Waals surface area contributed by atoms with E-state index in [1.807, 2.05) is 19.9 Å². The molecule has 3 heterocycles. The summed E-state index contributed by atoms with van der Waals surface area (Å²) in [6, 6.07) is 3.87. The topological polar surface area (TPSA) is 127 Å². The van der Waals surface area contributed by atoms with E-state index >= 15 is 0 Å². The number of anilines is 1. The Bertz CT molecular complexity index is 1080. The molecule has 148 valence electrons. The third-order valence-corrected chi connectivity index (χ3v) is 6.05. The van der Waals surface area contributed by atoms with Crippen molar-refractivity contribution in [2.45, 2.75) is 31.0 Å². The van der Waals surface area contributed by atoms with Gasteiger partial charge in [-0.1, -0.05) is 26.0 Å². The monoisotopic (exact) mass is 404 g/mol. The highest BCUT2D eigenvalue weighted by atomic mass is 32.2. The van der Waals surface area contributed by atoms with Crippen LogP contribution < -0.4 is 10.0 Å². The van der Waals surface area contributed by atoms with Crippen LogP contribution in [0.15, 0.2) is 29.3 Å². The lowest BCUT2D eigenvalue weighted by molar-refractivity contribution is 0.199. The van der Waals surface area contributed by atoms with E-state index in [2.05, 4.69) is 15.0 Å². The van der Waals surface area contributed by atoms with Gasteiger partial charge < -0.3 is 15.0 Å². The molecule has 3 rings (SSSR count). The molecule has 3 atom stereocenters. The lowest BCUT2D eigenvalue weighted by atomic mass is 10.0. The van der Waals surface area contributed by atoms with Crippen LogP contribution in [0.2, 0.25) is 0 Å². The summed E-state index contributed by atoms with van der Waals surface area (Å²) in [7, 11) is -1.62. The molecule has 0 radical (unpaired) electrons. The lowest BCUT2D eigenvalue weighted by Crippen LogP contribution is -2.35. The van der Waals surface area contributed by atoms with Gasteiger partial charge in [-0.3, -0.25) is 0 Å². The standard InChI is InChI=1S/C18H21FN6O2S/c1-10(2)14-5-4-13-15(28(21,27)24-14)9-25(3)17(13)18(26)23-11-6-12(8-20)22-16(19)7-11/h4-7,9-10,14,18,26H,1-3H3,(H,22,23)(H2,21,24,27)/t14-,18?,28?/m1/s1. The Hall–Kier alpha value is -2.74. The largest absolute Gasteiger partial charge is 0.368 e. The predicted molar refractivity (Wildman–Crippen MR) is 103 cm³/mol. The first-order chi connectivity index (χ1) is 13.1. The van der Waals surface area contributed by atoms with Gasteiger partial charge in [-0.25, -0.2) is 18.7 Å². The Balaban J connectivity index is 2.03. The number of rotatable bonds is 4. The zero-order chi connectivity index (χ0) is 20.6. The maximum Gasteiger partial charge on any atom is 0.216 e. The van der Waals surface area contributed by atoms with Gasteiger partial charge in [0.15, 0.2) is 6.23 Å². The molecule has 0 bridgehead atoms. The average Bonchev–Trinajstić information content (AvgIpc) is 2.88. The van der Waals surface area contributed by atoms with Gasteiger partial charge in [0.1, 0.15) is 21.7 Å². The molecule has 0 aliphatic carbocycles. The molecule has 0 fully saturated rings. The molecule has 0 aromatic carbocycles. The van der Waals surface area contributed by atoms with Crippen molar-refractivity contribution in [3.63, 3.8) is 0 Å². The van der Waals surface area contributed by atoms with E-state index < -0.39 is 22.1 Å². The van der Waals surface area contributed by atoms with Crippen LogP contribution in [0.3, 0.4) is 0 Å². The van der Waals surface area contributed by atoms with Gasteiger partial charge in [0.2, 0.25) is 5.95 Å². The summed E-state index contributed by atoms with van der Waals surface area (Å²) in [6.45, 7) is 3.91. The van der Waals surface area contributed by atoms with Crippen LogP contribution in [0.1, 0.15) is 37.0 Å². The summed E-state index contributed by atoms with van der Waals surface area (Å²) in [5, 5.41) is 22.4. The Morgan fingerprint density at radius 2 is 2.21 bits per heavy atom. The van der Waals surface area contributed by atoms with E-state index in [-0.39, 0.29) is 28.2 Å². The molecule has 10 heteroatoms. The second kappa shape index (κ2) is 7.35. The molecule has 2 aromatic rings. The molecule has 0 saturated heterocycles. The van der Waals surface area contributed by atoms with Crippen molar-refractivity contribution < 1.29 is 13.7 Å². The van der Waals surface area contributed by atoms with Gasteiger partial charge in [-0.2, -0.15) is 9.65 Å². The van der Waals surface area contributed by atoms with Crippen molar-refractivity contribution in [3.8, 4) is 6.07 Å². The highest BCUT2D eigenvalue weighted by Crippen LogP contribution is 2.32. The average molecular weight is 404 g/mol. The smallest absolute Gasteiger partial charge is 0.216 e. The van der Waals surface area contributed by atoms with Crippen LogP contribution in [0.25, 0.3) is 6.08 Å². The number of hydrogen-bond acceptors (Lipinski definition) is 6. The first kappa shape index (κ1) is 20.0. The summed E-state index contributed by atoms with van der Waals surface area (Å²) >= 11 is 0. The van der Waals surface area contributed by atoms with Crippen molar-refractivity contribution in [2.75, 3.05) is 5.32 Å². The van der Waals surface area contributed by atoms with Crippen LogP contribution in [-0.2, 0) is 17.0 Å². The maximum atomic E-state index is 13.6. The maximum absolute atomic E-state index is 13.6. The molecule has 0 spiro atoms. The normalized spacial score (nSPS) is 22.4. The molecule has 8 nitrogen and oxygen atoms in total. The molecular formula is C18H21FN6O2S. The van der Waals surface area contributed by atoms with Crippen molar-refractivity contribution in [1.29, 1.82) is 10.0 Å². The van der Waals surface area contributed by atoms with Gasteiger partial charge in [-0.15, -0.1) is 0 Å². The summed E-state index contributed by atoms with van der Waals surface area (Å²) in [5.41, 5.74) is 0.883. The van der Waals surface area contributed by atoms with Gasteiger partial charge in [0, 0.05) is 36.6 Å². The molecule has 1 aliphatic rings. The number of nitrogens with one attached hydrogen (secondary N) is 3. The van der Waals surface area contributed by atoms with E-state index in [0.717, 1.165) is 6.07 Å². The van der Waals surface area contributed by atoms with Gasteiger partial charge in [-0.05, 0) is 12.0 Å². The lowest BCUT2D eigenvalue weighted by Gasteiger charge is -2.18. The molecule has 28 heavy (non-hydrogen) atoms. The van der Waals surface area contributed by atoms with E-state index in [1.165, 1.54) is 6.07 Å². The van der Waals surface area contributed by atoms with Crippen LogP contribution in [-0.4, -0.2) is 24.9 Å². The van der Waals surface area contributed by atoms with Gasteiger partial charge >= 0.3 is 0 Å². The molecular weight excluding hydrogens is 383 g/mol. The zero-order valence-electron chi connectivity index (χ0n) is 15.6. The third kappa shape index (κ3) is 3.77. The van der Waals surface area contributed by atoms with Crippen LogP contribution in [0.5, 0.6) is 0 Å². The Kier molecular flexibility index (Phi) is 5.25. The van der Waals surface area contributed by atoms with Crippen molar-refractivity contribution in [3.05, 3.63) is 47.3 Å². The van der Waals surface area contributed by atoms with Crippen LogP contribution in [0.4, 0.5) is 10.1 Å². The highest BCUT2D eigenvalue weighted by molar-refractivity contribution is 7.90. The number of pyridine rings is 1. The molecule has 0 amide bonds. The number of fused-ring (bicyclic) bond motifs is 1. The first-order valence-corrected chi connectivity index (χ1v) is 10.1. The second-order valence-electron chi connectivity index (χ2n) is 6.93. The second-order valence-corrected chi connectivity index (χ2v) is 8.72. The van der Waals surface area contributed by atoms with E-state index in [0.29, 0.717) is 11.3 Å². The summed E-state index contributed by atoms with van der Waals surface area (Å²) < 4.78 is 39.2. The third-order valence-electron chi connectivity index (χ3n) is 4.50. The fourth-order valence-corrected chi connectivity index (χ4v) is 4.73. The van der Waals surface area contributed by atoms with E-state index in [4.69, 9.17) is 10.0 Å². The SMILES string of the molecule is CC(C)[C@H]1C=Cc2c(cn(C)c2C(O)Nc2cc(F)nc(C#N)c2)S(=N)(=O)N1. The van der Waals surface area contributed by atoms with Gasteiger partial charge in [0.05, 0.1) is 10.6 Å². The number of nitrogens with zero attached hydrogens (tertiary/aromatic N) is 3. The molecule has 2 aromatic heterocycles. The van der Waals surface area contributed by atoms with Crippen molar-refractivity contribution in [1.82, 2.24) is 14.3 Å². The Morgan fingerprint density at radius 3 is 2.86 bits per heavy atom. The minimum atomic E-state index is -3.28. The van der Waals surface area contributed by atoms with Crippen LogP contribution >= 0.6 is 0 Å². The number of hydrogen-bond donors (Lipinski definition) is 4. The van der Waals surface area contributed by atoms with Gasteiger partial charge in [0.25, 0.3) is 0 Å². The summed E-state index contributed by atoms with van der Waals surface area (Å²) in [5.74, 6) is -0.728. The summed E-state index contributed by atoms with van der Waals surface area (Å²) in [4.78, 5) is 3.70.